The molecule has 110 valence electrons. The van der Waals surface area contributed by atoms with Crippen LogP contribution in [-0.4, -0.2) is 52.8 Å². The Kier molecular flexibility index (Phi) is 4.79. The lowest BCUT2D eigenvalue weighted by Crippen LogP contribution is -2.61. The van der Waals surface area contributed by atoms with Gasteiger partial charge in [0.2, 0.25) is 5.91 Å². The van der Waals surface area contributed by atoms with Crippen molar-refractivity contribution < 1.29 is 19.4 Å². The minimum Gasteiger partial charge on any atom is -0.444 e. The van der Waals surface area contributed by atoms with Crippen molar-refractivity contribution in [3.63, 3.8) is 0 Å². The molecule has 0 saturated carbocycles. The molecule has 19 heavy (non-hydrogen) atoms. The number of ether oxygens (including phenoxy) is 1. The Morgan fingerprint density at radius 1 is 1.42 bits per heavy atom. The first-order valence-corrected chi connectivity index (χ1v) is 6.55. The normalized spacial score (nSPS) is 23.9. The van der Waals surface area contributed by atoms with E-state index >= 15 is 0 Å². The third-order valence-electron chi connectivity index (χ3n) is 2.97. The van der Waals surface area contributed by atoms with Gasteiger partial charge in [0.25, 0.3) is 0 Å². The van der Waals surface area contributed by atoms with Crippen LogP contribution in [-0.2, 0) is 9.53 Å². The number of nitrogens with zero attached hydrogens (tertiary/aromatic N) is 1. The number of nitrogens with one attached hydrogen (secondary N) is 1. The maximum absolute atomic E-state index is 12.0. The molecular weight excluding hydrogens is 248 g/mol. The van der Waals surface area contributed by atoms with Crippen LogP contribution in [0.15, 0.2) is 0 Å². The summed E-state index contributed by atoms with van der Waals surface area (Å²) in [5.41, 5.74) is -1.30. The van der Waals surface area contributed by atoms with E-state index < -0.39 is 17.2 Å². The molecule has 6 nitrogen and oxygen atoms in total. The predicted octanol–water partition coefficient (Wildman–Crippen LogP) is 0.884. The maximum atomic E-state index is 12.0. The number of hydrogen-bond acceptors (Lipinski definition) is 4. The molecule has 1 atom stereocenters. The summed E-state index contributed by atoms with van der Waals surface area (Å²) in [5, 5.41) is 12.3. The molecule has 1 aliphatic heterocycles. The monoisotopic (exact) mass is 272 g/mol. The highest BCUT2D eigenvalue weighted by atomic mass is 16.6. The fraction of sp³-hybridized carbons (Fsp3) is 0.846. The van der Waals surface area contributed by atoms with Gasteiger partial charge in [-0.15, -0.1) is 0 Å². The van der Waals surface area contributed by atoms with Gasteiger partial charge >= 0.3 is 6.09 Å². The van der Waals surface area contributed by atoms with Gasteiger partial charge in [-0.1, -0.05) is 0 Å². The number of carbonyl (C=O) groups excluding carboxylic acids is 2. The zero-order chi connectivity index (χ0) is 14.7. The van der Waals surface area contributed by atoms with Crippen molar-refractivity contribution in [3.8, 4) is 0 Å². The molecule has 2 amide bonds. The van der Waals surface area contributed by atoms with Crippen molar-refractivity contribution in [3.05, 3.63) is 0 Å². The molecule has 0 spiro atoms. The van der Waals surface area contributed by atoms with Crippen LogP contribution < -0.4 is 5.32 Å². The van der Waals surface area contributed by atoms with Crippen LogP contribution in [0.3, 0.4) is 0 Å². The molecule has 0 radical (unpaired) electrons. The topological polar surface area (TPSA) is 78.9 Å². The lowest BCUT2D eigenvalue weighted by molar-refractivity contribution is -0.122. The third-order valence-corrected chi connectivity index (χ3v) is 2.97. The van der Waals surface area contributed by atoms with Gasteiger partial charge < -0.3 is 20.1 Å². The van der Waals surface area contributed by atoms with Crippen molar-refractivity contribution in [2.75, 3.05) is 19.7 Å². The lowest BCUT2D eigenvalue weighted by atomic mass is 9.90. The molecule has 2 N–H and O–H groups in total. The van der Waals surface area contributed by atoms with E-state index in [4.69, 9.17) is 4.74 Å². The highest BCUT2D eigenvalue weighted by molar-refractivity contribution is 5.74. The number of aliphatic hydroxyl groups is 1. The van der Waals surface area contributed by atoms with Gasteiger partial charge in [0.15, 0.2) is 0 Å². The fourth-order valence-electron chi connectivity index (χ4n) is 2.26. The number of piperidine rings is 1. The van der Waals surface area contributed by atoms with E-state index in [1.54, 1.807) is 4.90 Å². The van der Waals surface area contributed by atoms with E-state index in [2.05, 4.69) is 5.32 Å². The molecule has 0 aromatic heterocycles. The summed E-state index contributed by atoms with van der Waals surface area (Å²) in [4.78, 5) is 24.8. The van der Waals surface area contributed by atoms with Crippen molar-refractivity contribution in [2.24, 2.45) is 0 Å². The second kappa shape index (κ2) is 5.77. The first kappa shape index (κ1) is 15.8. The zero-order valence-electron chi connectivity index (χ0n) is 12.2. The SMILES string of the molecule is CC(=O)NC1(CO)CCCN(C(=O)OC(C)(C)C)C1. The van der Waals surface area contributed by atoms with Crippen molar-refractivity contribution >= 4 is 12.0 Å². The molecule has 0 bridgehead atoms. The molecule has 1 saturated heterocycles. The van der Waals surface area contributed by atoms with Crippen LogP contribution in [0.5, 0.6) is 0 Å². The quantitative estimate of drug-likeness (QED) is 0.782. The van der Waals surface area contributed by atoms with Crippen LogP contribution in [0.2, 0.25) is 0 Å². The molecule has 1 heterocycles. The van der Waals surface area contributed by atoms with E-state index in [1.165, 1.54) is 6.92 Å². The molecule has 1 aliphatic rings. The van der Waals surface area contributed by atoms with Gasteiger partial charge in [-0.05, 0) is 33.6 Å². The molecule has 0 aromatic carbocycles. The van der Waals surface area contributed by atoms with Gasteiger partial charge in [0, 0.05) is 20.0 Å². The summed E-state index contributed by atoms with van der Waals surface area (Å²) in [7, 11) is 0. The van der Waals surface area contributed by atoms with Gasteiger partial charge in [0.05, 0.1) is 12.1 Å². The Labute approximate surface area is 114 Å². The lowest BCUT2D eigenvalue weighted by Gasteiger charge is -2.42. The Morgan fingerprint density at radius 3 is 2.53 bits per heavy atom. The molecule has 6 heteroatoms. The Morgan fingerprint density at radius 2 is 2.05 bits per heavy atom. The average molecular weight is 272 g/mol. The Hall–Kier alpha value is -1.30. The van der Waals surface area contributed by atoms with Gasteiger partial charge in [-0.2, -0.15) is 0 Å². The van der Waals surface area contributed by atoms with Crippen LogP contribution in [0.1, 0.15) is 40.5 Å². The van der Waals surface area contributed by atoms with E-state index in [0.717, 1.165) is 6.42 Å². The van der Waals surface area contributed by atoms with Crippen molar-refractivity contribution in [2.45, 2.75) is 51.7 Å². The highest BCUT2D eigenvalue weighted by Gasteiger charge is 2.38. The summed E-state index contributed by atoms with van der Waals surface area (Å²) in [5.74, 6) is -0.208. The second-order valence-electron chi connectivity index (χ2n) is 6.13. The third kappa shape index (κ3) is 4.70. The molecule has 0 aromatic rings. The molecule has 1 unspecified atom stereocenters. The first-order valence-electron chi connectivity index (χ1n) is 6.55. The number of likely N-dealkylation sites (tertiary alicyclic amines) is 1. The van der Waals surface area contributed by atoms with E-state index in [1.807, 2.05) is 20.8 Å². The largest absolute Gasteiger partial charge is 0.444 e. The first-order chi connectivity index (χ1) is 8.67. The van der Waals surface area contributed by atoms with Gasteiger partial charge in [0.1, 0.15) is 5.60 Å². The number of aliphatic hydroxyl groups excluding tert-OH is 1. The molecular formula is C13H24N2O4. The van der Waals surface area contributed by atoms with Crippen molar-refractivity contribution in [1.29, 1.82) is 0 Å². The fourth-order valence-corrected chi connectivity index (χ4v) is 2.26. The summed E-state index contributed by atoms with van der Waals surface area (Å²) in [6, 6.07) is 0. The van der Waals surface area contributed by atoms with Gasteiger partial charge in [-0.3, -0.25) is 4.79 Å². The van der Waals surface area contributed by atoms with Crippen molar-refractivity contribution in [1.82, 2.24) is 10.2 Å². The smallest absolute Gasteiger partial charge is 0.410 e. The standard InChI is InChI=1S/C13H24N2O4/c1-10(17)14-13(9-16)6-5-7-15(8-13)11(18)19-12(2,3)4/h16H,5-9H2,1-4H3,(H,14,17). The summed E-state index contributed by atoms with van der Waals surface area (Å²) >= 11 is 0. The van der Waals surface area contributed by atoms with Crippen LogP contribution >= 0.6 is 0 Å². The Bertz CT molecular complexity index is 351. The summed E-state index contributed by atoms with van der Waals surface area (Å²) in [6.45, 7) is 7.50. The summed E-state index contributed by atoms with van der Waals surface area (Å²) < 4.78 is 5.31. The molecule has 1 fully saturated rings. The van der Waals surface area contributed by atoms with Crippen LogP contribution in [0, 0.1) is 0 Å². The number of carbonyl (C=O) groups is 2. The number of rotatable bonds is 2. The number of hydrogen-bond donors (Lipinski definition) is 2. The second-order valence-corrected chi connectivity index (χ2v) is 6.13. The number of amides is 2. The van der Waals surface area contributed by atoms with Gasteiger partial charge in [-0.25, -0.2) is 4.79 Å². The Balaban J connectivity index is 2.72. The minimum absolute atomic E-state index is 0.189. The van der Waals surface area contributed by atoms with Crippen LogP contribution in [0.4, 0.5) is 4.79 Å². The minimum atomic E-state index is -0.749. The average Bonchev–Trinajstić information content (AvgIpc) is 2.26. The zero-order valence-corrected chi connectivity index (χ0v) is 12.2. The molecule has 1 rings (SSSR count). The predicted molar refractivity (Wildman–Crippen MR) is 70.7 cm³/mol. The van der Waals surface area contributed by atoms with E-state index in [0.29, 0.717) is 13.0 Å². The molecule has 0 aliphatic carbocycles. The maximum Gasteiger partial charge on any atom is 0.410 e. The van der Waals surface area contributed by atoms with E-state index in [-0.39, 0.29) is 19.1 Å². The van der Waals surface area contributed by atoms with Crippen LogP contribution in [0.25, 0.3) is 0 Å². The highest BCUT2D eigenvalue weighted by Crippen LogP contribution is 2.22. The van der Waals surface area contributed by atoms with E-state index in [9.17, 15) is 14.7 Å². The summed E-state index contributed by atoms with van der Waals surface area (Å²) in [6.07, 6.45) is 0.970.